The van der Waals surface area contributed by atoms with Gasteiger partial charge in [0.25, 0.3) is 0 Å². The molecule has 0 bridgehead atoms. The summed E-state index contributed by atoms with van der Waals surface area (Å²) in [5, 5.41) is 7.57. The molecule has 0 spiro atoms. The van der Waals surface area contributed by atoms with E-state index in [0.717, 1.165) is 44.9 Å². The van der Waals surface area contributed by atoms with E-state index in [4.69, 9.17) is 11.6 Å². The van der Waals surface area contributed by atoms with Crippen LogP contribution in [-0.2, 0) is 0 Å². The zero-order valence-corrected chi connectivity index (χ0v) is 16.7. The van der Waals surface area contributed by atoms with Crippen molar-refractivity contribution in [2.45, 2.75) is 64.1 Å². The van der Waals surface area contributed by atoms with Crippen LogP contribution in [0.2, 0.25) is 5.02 Å². The summed E-state index contributed by atoms with van der Waals surface area (Å²) in [4.78, 5) is 7.09. The van der Waals surface area contributed by atoms with Crippen molar-refractivity contribution < 1.29 is 4.39 Å². The number of aliphatic imine (C=N–C) groups is 1. The molecule has 4 nitrogen and oxygen atoms in total. The van der Waals surface area contributed by atoms with E-state index in [9.17, 15) is 4.39 Å². The second-order valence-corrected chi connectivity index (χ2v) is 8.01. The number of likely N-dealkylation sites (tertiary alicyclic amines) is 1. The van der Waals surface area contributed by atoms with Crippen LogP contribution in [0.25, 0.3) is 0 Å². The number of rotatable bonds is 5. The van der Waals surface area contributed by atoms with Crippen molar-refractivity contribution in [3.8, 4) is 0 Å². The van der Waals surface area contributed by atoms with E-state index in [1.165, 1.54) is 6.07 Å². The molecule has 2 atom stereocenters. The number of hydrogen-bond acceptors (Lipinski definition) is 2. The lowest BCUT2D eigenvalue weighted by Gasteiger charge is -2.35. The number of halogens is 2. The van der Waals surface area contributed by atoms with Gasteiger partial charge in [-0.2, -0.15) is 0 Å². The summed E-state index contributed by atoms with van der Waals surface area (Å²) in [6.45, 7) is 9.48. The molecule has 2 aliphatic rings. The molecule has 144 valence electrons. The van der Waals surface area contributed by atoms with Gasteiger partial charge in [0.2, 0.25) is 0 Å². The van der Waals surface area contributed by atoms with Crippen LogP contribution in [0.5, 0.6) is 0 Å². The standard InChI is InChI=1S/C20H30ClFN4/c1-4-23-20(24-14-8-10-26(11-9-14)13(2)3)25-18-12-15(18)19-16(21)6-5-7-17(19)22/h5-7,13-15,18H,4,8-12H2,1-3H3,(H2,23,24,25). The third-order valence-electron chi connectivity index (χ3n) is 5.40. The van der Waals surface area contributed by atoms with Crippen molar-refractivity contribution in [1.29, 1.82) is 0 Å². The molecule has 0 amide bonds. The van der Waals surface area contributed by atoms with Crippen molar-refractivity contribution in [2.24, 2.45) is 4.99 Å². The van der Waals surface area contributed by atoms with Crippen LogP contribution in [0.3, 0.4) is 0 Å². The lowest BCUT2D eigenvalue weighted by atomic mass is 10.0. The van der Waals surface area contributed by atoms with Gasteiger partial charge < -0.3 is 15.5 Å². The predicted molar refractivity (Wildman–Crippen MR) is 107 cm³/mol. The quantitative estimate of drug-likeness (QED) is 0.603. The highest BCUT2D eigenvalue weighted by molar-refractivity contribution is 6.31. The molecule has 2 unspecified atom stereocenters. The molecule has 0 aromatic heterocycles. The molecule has 2 N–H and O–H groups in total. The molecule has 3 rings (SSSR count). The lowest BCUT2D eigenvalue weighted by Crippen LogP contribution is -2.50. The molecule has 1 saturated heterocycles. The summed E-state index contributed by atoms with van der Waals surface area (Å²) in [5.74, 6) is 0.751. The smallest absolute Gasteiger partial charge is 0.191 e. The molecule has 1 aromatic carbocycles. The molecule has 26 heavy (non-hydrogen) atoms. The Balaban J connectivity index is 1.55. The Morgan fingerprint density at radius 1 is 1.31 bits per heavy atom. The summed E-state index contributed by atoms with van der Waals surface area (Å²) in [7, 11) is 0. The number of hydrogen-bond donors (Lipinski definition) is 2. The number of nitrogens with zero attached hydrogens (tertiary/aromatic N) is 2. The maximum atomic E-state index is 14.1. The summed E-state index contributed by atoms with van der Waals surface area (Å²) in [5.41, 5.74) is 0.632. The second kappa shape index (κ2) is 8.57. The first-order chi connectivity index (χ1) is 12.5. The minimum Gasteiger partial charge on any atom is -0.354 e. The first-order valence-corrected chi connectivity index (χ1v) is 10.1. The molecule has 1 aliphatic carbocycles. The molecule has 6 heteroatoms. The van der Waals surface area contributed by atoms with Crippen molar-refractivity contribution >= 4 is 17.6 Å². The van der Waals surface area contributed by atoms with Crippen LogP contribution in [0, 0.1) is 5.82 Å². The van der Waals surface area contributed by atoms with Gasteiger partial charge in [-0.05, 0) is 52.2 Å². The minimum atomic E-state index is -0.213. The number of piperidine rings is 1. The summed E-state index contributed by atoms with van der Waals surface area (Å²) in [6, 6.07) is 6.14. The molecule has 1 aromatic rings. The molecule has 1 saturated carbocycles. The van der Waals surface area contributed by atoms with Gasteiger partial charge in [0.1, 0.15) is 5.82 Å². The van der Waals surface area contributed by atoms with Crippen molar-refractivity contribution in [1.82, 2.24) is 15.5 Å². The van der Waals surface area contributed by atoms with Gasteiger partial charge in [-0.1, -0.05) is 17.7 Å². The average Bonchev–Trinajstić information content (AvgIpc) is 3.34. The zero-order valence-electron chi connectivity index (χ0n) is 15.9. The summed E-state index contributed by atoms with van der Waals surface area (Å²) in [6.07, 6.45) is 3.13. The minimum absolute atomic E-state index is 0.121. The van der Waals surface area contributed by atoms with Crippen LogP contribution in [0.15, 0.2) is 23.2 Å². The molecule has 2 fully saturated rings. The SMILES string of the molecule is CCN=C(NC1CCN(C(C)C)CC1)NC1CC1c1c(F)cccc1Cl. The van der Waals surface area contributed by atoms with Crippen molar-refractivity contribution in [3.63, 3.8) is 0 Å². The fourth-order valence-corrected chi connectivity index (χ4v) is 4.06. The van der Waals surface area contributed by atoms with Gasteiger partial charge in [-0.25, -0.2) is 4.39 Å². The van der Waals surface area contributed by atoms with E-state index in [0.29, 0.717) is 22.7 Å². The summed E-state index contributed by atoms with van der Waals surface area (Å²) < 4.78 is 14.1. The lowest BCUT2D eigenvalue weighted by molar-refractivity contribution is 0.167. The highest BCUT2D eigenvalue weighted by Crippen LogP contribution is 2.44. The van der Waals surface area contributed by atoms with Gasteiger partial charge in [-0.15, -0.1) is 0 Å². The predicted octanol–water partition coefficient (Wildman–Crippen LogP) is 3.76. The number of nitrogens with one attached hydrogen (secondary N) is 2. The normalized spacial score (nSPS) is 24.8. The van der Waals surface area contributed by atoms with Gasteiger partial charge in [-0.3, -0.25) is 4.99 Å². The van der Waals surface area contributed by atoms with Crippen molar-refractivity contribution in [2.75, 3.05) is 19.6 Å². The van der Waals surface area contributed by atoms with Crippen LogP contribution in [0.4, 0.5) is 4.39 Å². The van der Waals surface area contributed by atoms with E-state index >= 15 is 0 Å². The molecule has 1 heterocycles. The average molecular weight is 381 g/mol. The van der Waals surface area contributed by atoms with Gasteiger partial charge in [0.15, 0.2) is 5.96 Å². The first kappa shape index (κ1) is 19.4. The first-order valence-electron chi connectivity index (χ1n) is 9.75. The Labute approximate surface area is 161 Å². The summed E-state index contributed by atoms with van der Waals surface area (Å²) >= 11 is 6.20. The van der Waals surface area contributed by atoms with E-state index in [-0.39, 0.29) is 17.8 Å². The Morgan fingerprint density at radius 2 is 2.04 bits per heavy atom. The van der Waals surface area contributed by atoms with E-state index in [2.05, 4.69) is 34.4 Å². The Hall–Kier alpha value is -1.33. The highest BCUT2D eigenvalue weighted by atomic mass is 35.5. The zero-order chi connectivity index (χ0) is 18.7. The van der Waals surface area contributed by atoms with Crippen LogP contribution >= 0.6 is 11.6 Å². The fraction of sp³-hybridized carbons (Fsp3) is 0.650. The number of guanidine groups is 1. The third kappa shape index (κ3) is 4.68. The largest absolute Gasteiger partial charge is 0.354 e. The monoisotopic (exact) mass is 380 g/mol. The topological polar surface area (TPSA) is 39.7 Å². The molecule has 1 aliphatic heterocycles. The van der Waals surface area contributed by atoms with E-state index < -0.39 is 0 Å². The Bertz CT molecular complexity index is 620. The second-order valence-electron chi connectivity index (χ2n) is 7.60. The maximum Gasteiger partial charge on any atom is 0.191 e. The molecule has 0 radical (unpaired) electrons. The fourth-order valence-electron chi connectivity index (χ4n) is 3.76. The van der Waals surface area contributed by atoms with Crippen molar-refractivity contribution in [3.05, 3.63) is 34.6 Å². The Kier molecular flexibility index (Phi) is 6.41. The maximum absolute atomic E-state index is 14.1. The van der Waals surface area contributed by atoms with Crippen LogP contribution < -0.4 is 10.6 Å². The highest BCUT2D eigenvalue weighted by Gasteiger charge is 2.42. The van der Waals surface area contributed by atoms with Gasteiger partial charge in [0, 0.05) is 54.3 Å². The van der Waals surface area contributed by atoms with Gasteiger partial charge in [0.05, 0.1) is 0 Å². The van der Waals surface area contributed by atoms with E-state index in [1.54, 1.807) is 12.1 Å². The molecular weight excluding hydrogens is 351 g/mol. The Morgan fingerprint density at radius 3 is 2.65 bits per heavy atom. The number of benzene rings is 1. The van der Waals surface area contributed by atoms with Crippen LogP contribution in [-0.4, -0.2) is 48.6 Å². The molecular formula is C20H30ClFN4. The third-order valence-corrected chi connectivity index (χ3v) is 5.73. The van der Waals surface area contributed by atoms with Crippen LogP contribution in [0.1, 0.15) is 51.5 Å². The van der Waals surface area contributed by atoms with Gasteiger partial charge >= 0.3 is 0 Å². The van der Waals surface area contributed by atoms with E-state index in [1.807, 2.05) is 6.92 Å².